The quantitative estimate of drug-likeness (QED) is 0.705. The van der Waals surface area contributed by atoms with Crippen molar-refractivity contribution in [2.24, 2.45) is 17.8 Å². The second kappa shape index (κ2) is 5.50. The first kappa shape index (κ1) is 12.9. The summed E-state index contributed by atoms with van der Waals surface area (Å²) in [7, 11) is 0. The lowest BCUT2D eigenvalue weighted by atomic mass is 9.73. The van der Waals surface area contributed by atoms with Gasteiger partial charge in [0.1, 0.15) is 0 Å². The Hall–Kier alpha value is -0.0800. The Morgan fingerprint density at radius 3 is 2.78 bits per heavy atom. The zero-order valence-corrected chi connectivity index (χ0v) is 12.1. The summed E-state index contributed by atoms with van der Waals surface area (Å²) >= 11 is 0. The molecule has 104 valence electrons. The van der Waals surface area contributed by atoms with Gasteiger partial charge in [0.15, 0.2) is 0 Å². The normalized spacial score (nSPS) is 46.0. The molecule has 3 rings (SSSR count). The van der Waals surface area contributed by atoms with Crippen molar-refractivity contribution < 1.29 is 4.74 Å². The van der Waals surface area contributed by atoms with Crippen molar-refractivity contribution in [1.29, 1.82) is 0 Å². The molecular formula is C16H29NO. The smallest absolute Gasteiger partial charge is 0.0996 e. The van der Waals surface area contributed by atoms with E-state index >= 15 is 0 Å². The minimum atomic E-state index is 0.569. The summed E-state index contributed by atoms with van der Waals surface area (Å²) < 4.78 is 6.27. The van der Waals surface area contributed by atoms with Gasteiger partial charge in [-0.2, -0.15) is 0 Å². The van der Waals surface area contributed by atoms with Crippen LogP contribution >= 0.6 is 0 Å². The van der Waals surface area contributed by atoms with Gasteiger partial charge >= 0.3 is 0 Å². The molecular weight excluding hydrogens is 222 g/mol. The number of piperidine rings is 1. The number of hydrogen-bond acceptors (Lipinski definition) is 2. The highest BCUT2D eigenvalue weighted by Crippen LogP contribution is 2.41. The van der Waals surface area contributed by atoms with Gasteiger partial charge in [-0.3, -0.25) is 4.90 Å². The van der Waals surface area contributed by atoms with Gasteiger partial charge in [-0.1, -0.05) is 33.1 Å². The highest BCUT2D eigenvalue weighted by molar-refractivity contribution is 4.92. The maximum atomic E-state index is 6.27. The van der Waals surface area contributed by atoms with Gasteiger partial charge < -0.3 is 4.74 Å². The second-order valence-corrected chi connectivity index (χ2v) is 6.83. The zero-order chi connectivity index (χ0) is 12.5. The number of ether oxygens (including phenoxy) is 1. The summed E-state index contributed by atoms with van der Waals surface area (Å²) in [5.74, 6) is 2.60. The Morgan fingerprint density at radius 2 is 1.94 bits per heavy atom. The fourth-order valence-corrected chi connectivity index (χ4v) is 4.64. The van der Waals surface area contributed by atoms with Crippen LogP contribution in [-0.2, 0) is 4.74 Å². The molecule has 5 atom stereocenters. The molecule has 0 spiro atoms. The van der Waals surface area contributed by atoms with Crippen LogP contribution in [0.4, 0.5) is 0 Å². The fraction of sp³-hybridized carbons (Fsp3) is 1.00. The summed E-state index contributed by atoms with van der Waals surface area (Å²) in [6, 6.07) is 0.806. The lowest BCUT2D eigenvalue weighted by molar-refractivity contribution is -0.0526. The van der Waals surface area contributed by atoms with E-state index in [-0.39, 0.29) is 0 Å². The molecule has 0 aromatic heterocycles. The Kier molecular flexibility index (Phi) is 3.95. The minimum Gasteiger partial charge on any atom is -0.363 e. The summed E-state index contributed by atoms with van der Waals surface area (Å²) in [4.78, 5) is 2.67. The van der Waals surface area contributed by atoms with Crippen LogP contribution in [0.5, 0.6) is 0 Å². The summed E-state index contributed by atoms with van der Waals surface area (Å²) in [5.41, 5.74) is 0. The Morgan fingerprint density at radius 1 is 1.11 bits per heavy atom. The van der Waals surface area contributed by atoms with Crippen LogP contribution in [-0.4, -0.2) is 30.3 Å². The van der Waals surface area contributed by atoms with Crippen LogP contribution in [0.25, 0.3) is 0 Å². The first-order valence-electron chi connectivity index (χ1n) is 8.15. The molecule has 2 aliphatic heterocycles. The predicted molar refractivity (Wildman–Crippen MR) is 74.4 cm³/mol. The molecule has 1 saturated carbocycles. The zero-order valence-electron chi connectivity index (χ0n) is 12.1. The van der Waals surface area contributed by atoms with E-state index in [0.717, 1.165) is 30.5 Å². The predicted octanol–water partition coefficient (Wildman–Crippen LogP) is 3.66. The molecule has 0 N–H and O–H groups in total. The van der Waals surface area contributed by atoms with Gasteiger partial charge in [-0.05, 0) is 43.4 Å². The van der Waals surface area contributed by atoms with Gasteiger partial charge in [0.05, 0.1) is 12.8 Å². The van der Waals surface area contributed by atoms with E-state index in [4.69, 9.17) is 4.74 Å². The van der Waals surface area contributed by atoms with Crippen LogP contribution in [0.2, 0.25) is 0 Å². The van der Waals surface area contributed by atoms with E-state index in [1.165, 1.54) is 51.5 Å². The van der Waals surface area contributed by atoms with Crippen molar-refractivity contribution in [1.82, 2.24) is 4.90 Å². The molecule has 0 bridgehead atoms. The highest BCUT2D eigenvalue weighted by atomic mass is 16.5. The summed E-state index contributed by atoms with van der Waals surface area (Å²) in [5, 5.41) is 0. The first-order chi connectivity index (χ1) is 8.79. The maximum Gasteiger partial charge on any atom is 0.0996 e. The monoisotopic (exact) mass is 251 g/mol. The standard InChI is InChI=1S/C16H29NO/c1-3-13-8-9-15-12(2)14-6-4-5-7-16(14)18-11-17(15)10-13/h12-16H,3-11H2,1-2H3/t12-,13+,14+,15-,16-/m0/s1. The lowest BCUT2D eigenvalue weighted by Crippen LogP contribution is -2.47. The average molecular weight is 251 g/mol. The van der Waals surface area contributed by atoms with Gasteiger partial charge in [0.25, 0.3) is 0 Å². The van der Waals surface area contributed by atoms with Crippen LogP contribution in [0, 0.1) is 17.8 Å². The van der Waals surface area contributed by atoms with Crippen molar-refractivity contribution in [3.8, 4) is 0 Å². The Bertz CT molecular complexity index is 280. The largest absolute Gasteiger partial charge is 0.363 e. The topological polar surface area (TPSA) is 12.5 Å². The molecule has 18 heavy (non-hydrogen) atoms. The average Bonchev–Trinajstić information content (AvgIpc) is 2.57. The number of fused-ring (bicyclic) bond motifs is 2. The molecule has 2 saturated heterocycles. The van der Waals surface area contributed by atoms with Crippen LogP contribution in [0.15, 0.2) is 0 Å². The fourth-order valence-electron chi connectivity index (χ4n) is 4.64. The van der Waals surface area contributed by atoms with Gasteiger partial charge in [-0.15, -0.1) is 0 Å². The molecule has 3 aliphatic rings. The molecule has 2 heterocycles. The molecule has 0 amide bonds. The molecule has 0 aromatic carbocycles. The van der Waals surface area contributed by atoms with Crippen LogP contribution in [0.1, 0.15) is 58.8 Å². The molecule has 2 heteroatoms. The third-order valence-electron chi connectivity index (χ3n) is 5.90. The van der Waals surface area contributed by atoms with Crippen molar-refractivity contribution >= 4 is 0 Å². The lowest BCUT2D eigenvalue weighted by Gasteiger charge is -2.42. The van der Waals surface area contributed by atoms with Crippen LogP contribution in [0.3, 0.4) is 0 Å². The minimum absolute atomic E-state index is 0.569. The van der Waals surface area contributed by atoms with Gasteiger partial charge in [0, 0.05) is 12.6 Å². The Balaban J connectivity index is 1.73. The molecule has 0 unspecified atom stereocenters. The SMILES string of the molecule is CC[C@@H]1CC[C@H]2[C@@H](C)[C@H]3CCCC[C@@H]3OCN2C1. The van der Waals surface area contributed by atoms with E-state index in [1.807, 2.05) is 0 Å². The first-order valence-corrected chi connectivity index (χ1v) is 8.15. The molecule has 0 radical (unpaired) electrons. The van der Waals surface area contributed by atoms with E-state index in [2.05, 4.69) is 18.7 Å². The summed E-state index contributed by atoms with van der Waals surface area (Å²) in [6.45, 7) is 7.03. The van der Waals surface area contributed by atoms with E-state index in [9.17, 15) is 0 Å². The van der Waals surface area contributed by atoms with Crippen molar-refractivity contribution in [3.05, 3.63) is 0 Å². The van der Waals surface area contributed by atoms with E-state index in [1.54, 1.807) is 0 Å². The second-order valence-electron chi connectivity index (χ2n) is 6.83. The Labute approximate surface area is 112 Å². The molecule has 2 nitrogen and oxygen atoms in total. The third kappa shape index (κ3) is 2.34. The van der Waals surface area contributed by atoms with Crippen molar-refractivity contribution in [2.75, 3.05) is 13.3 Å². The highest BCUT2D eigenvalue weighted by Gasteiger charge is 2.41. The van der Waals surface area contributed by atoms with Gasteiger partial charge in [-0.25, -0.2) is 0 Å². The van der Waals surface area contributed by atoms with Crippen molar-refractivity contribution in [3.63, 3.8) is 0 Å². The third-order valence-corrected chi connectivity index (χ3v) is 5.90. The molecule has 3 fully saturated rings. The van der Waals surface area contributed by atoms with Crippen molar-refractivity contribution in [2.45, 2.75) is 70.9 Å². The summed E-state index contributed by atoms with van der Waals surface area (Å²) in [6.07, 6.45) is 10.3. The van der Waals surface area contributed by atoms with E-state index in [0.29, 0.717) is 6.10 Å². The number of hydrogen-bond donors (Lipinski definition) is 0. The van der Waals surface area contributed by atoms with Crippen LogP contribution < -0.4 is 0 Å². The molecule has 0 aromatic rings. The molecule has 1 aliphatic carbocycles. The van der Waals surface area contributed by atoms with E-state index < -0.39 is 0 Å². The number of nitrogens with zero attached hydrogens (tertiary/aromatic N) is 1. The number of rotatable bonds is 1. The maximum absolute atomic E-state index is 6.27. The van der Waals surface area contributed by atoms with Gasteiger partial charge in [0.2, 0.25) is 0 Å².